The minimum Gasteiger partial charge on any atom is -0.478 e. The van der Waals surface area contributed by atoms with Gasteiger partial charge in [-0.3, -0.25) is 0 Å². The maximum Gasteiger partial charge on any atom is 0.331 e. The summed E-state index contributed by atoms with van der Waals surface area (Å²) in [5.74, 6) is -1.26. The van der Waals surface area contributed by atoms with Gasteiger partial charge in [0.2, 0.25) is 0 Å². The molecule has 2 N–H and O–H groups in total. The van der Waals surface area contributed by atoms with Crippen LogP contribution in [0.4, 0.5) is 0 Å². The lowest BCUT2D eigenvalue weighted by atomic mass is 9.47. The molecular formula is C20H30O4. The van der Waals surface area contributed by atoms with Crippen LogP contribution in [-0.2, 0) is 9.59 Å². The van der Waals surface area contributed by atoms with Gasteiger partial charge in [-0.1, -0.05) is 32.4 Å². The second-order valence-corrected chi connectivity index (χ2v) is 8.19. The maximum absolute atomic E-state index is 11.4. The van der Waals surface area contributed by atoms with Gasteiger partial charge in [0, 0.05) is 11.6 Å². The van der Waals surface area contributed by atoms with Crippen molar-refractivity contribution in [3.63, 3.8) is 0 Å². The Morgan fingerprint density at radius 1 is 1.29 bits per heavy atom. The van der Waals surface area contributed by atoms with Crippen LogP contribution in [0.25, 0.3) is 0 Å². The molecule has 0 aromatic carbocycles. The zero-order chi connectivity index (χ0) is 18.1. The van der Waals surface area contributed by atoms with Gasteiger partial charge in [0.1, 0.15) is 0 Å². The van der Waals surface area contributed by atoms with Gasteiger partial charge in [0.05, 0.1) is 0 Å². The van der Waals surface area contributed by atoms with Crippen molar-refractivity contribution in [3.8, 4) is 0 Å². The van der Waals surface area contributed by atoms with Crippen LogP contribution in [0, 0.1) is 22.7 Å². The van der Waals surface area contributed by atoms with E-state index in [2.05, 4.69) is 33.8 Å². The highest BCUT2D eigenvalue weighted by Crippen LogP contribution is 2.61. The Bertz CT molecular complexity index is 588. The van der Waals surface area contributed by atoms with Crippen molar-refractivity contribution >= 4 is 11.9 Å². The minimum atomic E-state index is -1.18. The SMILES string of the molecule is CC1=CCC[C@H]2[C@@](C)(CC/C(=C\C(=O)O)C(=O)O)[C@@H](C)CC[C@@]12C. The number of rotatable bonds is 5. The molecule has 4 nitrogen and oxygen atoms in total. The largest absolute Gasteiger partial charge is 0.478 e. The first-order valence-electron chi connectivity index (χ1n) is 8.95. The van der Waals surface area contributed by atoms with Crippen LogP contribution in [-0.4, -0.2) is 22.2 Å². The molecule has 0 amide bonds. The van der Waals surface area contributed by atoms with Gasteiger partial charge >= 0.3 is 11.9 Å². The average Bonchev–Trinajstić information content (AvgIpc) is 2.50. The number of hydrogen-bond acceptors (Lipinski definition) is 2. The summed E-state index contributed by atoms with van der Waals surface area (Å²) < 4.78 is 0. The molecule has 0 radical (unpaired) electrons. The fourth-order valence-corrected chi connectivity index (χ4v) is 5.13. The Morgan fingerprint density at radius 2 is 1.96 bits per heavy atom. The number of carboxylic acid groups (broad SMARTS) is 2. The minimum absolute atomic E-state index is 0.00581. The smallest absolute Gasteiger partial charge is 0.331 e. The summed E-state index contributed by atoms with van der Waals surface area (Å²) in [4.78, 5) is 22.2. The third kappa shape index (κ3) is 3.28. The predicted molar refractivity (Wildman–Crippen MR) is 93.7 cm³/mol. The molecule has 0 aliphatic heterocycles. The first-order valence-corrected chi connectivity index (χ1v) is 8.95. The second kappa shape index (κ2) is 6.73. The van der Waals surface area contributed by atoms with E-state index in [0.717, 1.165) is 31.8 Å². The molecule has 0 saturated heterocycles. The molecule has 2 rings (SSSR count). The number of carboxylic acids is 2. The summed E-state index contributed by atoms with van der Waals surface area (Å²) in [7, 11) is 0. The summed E-state index contributed by atoms with van der Waals surface area (Å²) in [6.45, 7) is 9.15. The molecular weight excluding hydrogens is 304 g/mol. The zero-order valence-electron chi connectivity index (χ0n) is 15.3. The van der Waals surface area contributed by atoms with Crippen molar-refractivity contribution in [1.82, 2.24) is 0 Å². The Hall–Kier alpha value is -1.58. The van der Waals surface area contributed by atoms with Crippen LogP contribution in [0.3, 0.4) is 0 Å². The molecule has 134 valence electrons. The molecule has 1 saturated carbocycles. The lowest BCUT2D eigenvalue weighted by Crippen LogP contribution is -2.49. The van der Waals surface area contributed by atoms with Crippen molar-refractivity contribution in [2.45, 2.75) is 66.2 Å². The monoisotopic (exact) mass is 334 g/mol. The summed E-state index contributed by atoms with van der Waals surface area (Å²) >= 11 is 0. The number of aliphatic carboxylic acids is 2. The molecule has 0 aromatic heterocycles. The second-order valence-electron chi connectivity index (χ2n) is 8.19. The molecule has 4 atom stereocenters. The fourth-order valence-electron chi connectivity index (χ4n) is 5.13. The molecule has 1 fully saturated rings. The summed E-state index contributed by atoms with van der Waals surface area (Å²) in [5.41, 5.74) is 1.71. The van der Waals surface area contributed by atoms with Gasteiger partial charge in [-0.05, 0) is 68.1 Å². The van der Waals surface area contributed by atoms with Gasteiger partial charge in [-0.25, -0.2) is 9.59 Å². The highest BCUT2D eigenvalue weighted by Gasteiger charge is 2.52. The van der Waals surface area contributed by atoms with Crippen molar-refractivity contribution < 1.29 is 19.8 Å². The van der Waals surface area contributed by atoms with Crippen LogP contribution in [0.15, 0.2) is 23.3 Å². The normalized spacial score (nSPS) is 36.7. The lowest BCUT2D eigenvalue weighted by Gasteiger charge is -2.58. The van der Waals surface area contributed by atoms with E-state index in [1.54, 1.807) is 0 Å². The van der Waals surface area contributed by atoms with E-state index < -0.39 is 11.9 Å². The topological polar surface area (TPSA) is 74.6 Å². The van der Waals surface area contributed by atoms with Gasteiger partial charge in [0.15, 0.2) is 0 Å². The van der Waals surface area contributed by atoms with Crippen LogP contribution in [0.5, 0.6) is 0 Å². The van der Waals surface area contributed by atoms with Crippen LogP contribution >= 0.6 is 0 Å². The fraction of sp³-hybridized carbons (Fsp3) is 0.700. The highest BCUT2D eigenvalue weighted by atomic mass is 16.4. The Labute approximate surface area is 144 Å². The average molecular weight is 334 g/mol. The first kappa shape index (κ1) is 18.8. The van der Waals surface area contributed by atoms with E-state index in [0.29, 0.717) is 18.3 Å². The number of hydrogen-bond donors (Lipinski definition) is 2. The molecule has 0 heterocycles. The van der Waals surface area contributed by atoms with Gasteiger partial charge in [-0.2, -0.15) is 0 Å². The first-order chi connectivity index (χ1) is 11.1. The quantitative estimate of drug-likeness (QED) is 0.566. The lowest BCUT2D eigenvalue weighted by molar-refractivity contribution is -0.135. The van der Waals surface area contributed by atoms with Crippen LogP contribution in [0.1, 0.15) is 66.2 Å². The summed E-state index contributed by atoms with van der Waals surface area (Å²) in [6, 6.07) is 0. The van der Waals surface area contributed by atoms with E-state index in [1.165, 1.54) is 12.0 Å². The predicted octanol–water partition coefficient (Wildman–Crippen LogP) is 4.66. The highest BCUT2D eigenvalue weighted by molar-refractivity contribution is 5.94. The number of carbonyl (C=O) groups is 2. The van der Waals surface area contributed by atoms with E-state index >= 15 is 0 Å². The molecule has 0 aromatic rings. The molecule has 0 spiro atoms. The molecule has 2 aliphatic carbocycles. The number of allylic oxidation sites excluding steroid dienone is 2. The zero-order valence-corrected chi connectivity index (χ0v) is 15.3. The van der Waals surface area contributed by atoms with Crippen molar-refractivity contribution in [1.29, 1.82) is 0 Å². The third-order valence-electron chi connectivity index (χ3n) is 7.10. The van der Waals surface area contributed by atoms with Gasteiger partial charge in [-0.15, -0.1) is 0 Å². The van der Waals surface area contributed by atoms with E-state index in [-0.39, 0.29) is 16.4 Å². The van der Waals surface area contributed by atoms with E-state index in [9.17, 15) is 14.7 Å². The van der Waals surface area contributed by atoms with Crippen LogP contribution < -0.4 is 0 Å². The van der Waals surface area contributed by atoms with E-state index in [4.69, 9.17) is 5.11 Å². The number of fused-ring (bicyclic) bond motifs is 1. The van der Waals surface area contributed by atoms with E-state index in [1.807, 2.05) is 0 Å². The third-order valence-corrected chi connectivity index (χ3v) is 7.10. The Balaban J connectivity index is 2.27. The maximum atomic E-state index is 11.4. The Morgan fingerprint density at radius 3 is 2.54 bits per heavy atom. The van der Waals surface area contributed by atoms with Crippen molar-refractivity contribution in [3.05, 3.63) is 23.3 Å². The standard InChI is InChI=1S/C20H30O4/c1-13-6-5-7-16-19(13,3)10-8-14(2)20(16,4)11-9-15(18(23)24)12-17(21)22/h6,12,14,16H,5,7-11H2,1-4H3,(H,21,22)(H,23,24)/b15-12+/t14-,16+,19-,20-/m0/s1. The summed E-state index contributed by atoms with van der Waals surface area (Å²) in [6.07, 6.45) is 8.81. The van der Waals surface area contributed by atoms with Gasteiger partial charge < -0.3 is 10.2 Å². The van der Waals surface area contributed by atoms with Crippen LogP contribution in [0.2, 0.25) is 0 Å². The van der Waals surface area contributed by atoms with Gasteiger partial charge in [0.25, 0.3) is 0 Å². The molecule has 24 heavy (non-hydrogen) atoms. The molecule has 2 aliphatic rings. The molecule has 0 unspecified atom stereocenters. The molecule has 0 bridgehead atoms. The van der Waals surface area contributed by atoms with Crippen molar-refractivity contribution in [2.75, 3.05) is 0 Å². The molecule has 4 heteroatoms. The Kier molecular flexibility index (Phi) is 5.26. The summed E-state index contributed by atoms with van der Waals surface area (Å²) in [5, 5.41) is 18.2. The van der Waals surface area contributed by atoms with Crippen molar-refractivity contribution in [2.24, 2.45) is 22.7 Å².